The molecule has 0 aliphatic heterocycles. The zero-order valence-corrected chi connectivity index (χ0v) is 13.7. The summed E-state index contributed by atoms with van der Waals surface area (Å²) in [6.45, 7) is 0.0473. The summed E-state index contributed by atoms with van der Waals surface area (Å²) >= 11 is 1.96. The number of nitrogens with one attached hydrogen (secondary N) is 1. The predicted molar refractivity (Wildman–Crippen MR) is 84.1 cm³/mol. The molecule has 1 amide bonds. The van der Waals surface area contributed by atoms with Gasteiger partial charge in [-0.3, -0.25) is 23.3 Å². The topological polar surface area (TPSA) is 90.9 Å². The Labute approximate surface area is 132 Å². The quantitative estimate of drug-likeness (QED) is 0.543. The number of imidazole rings is 1. The van der Waals surface area contributed by atoms with Gasteiger partial charge >= 0.3 is 5.69 Å². The predicted octanol–water partition coefficient (Wildman–Crippen LogP) is -0.683. The molecule has 2 heterocycles. The van der Waals surface area contributed by atoms with Crippen molar-refractivity contribution in [3.63, 3.8) is 0 Å². The van der Waals surface area contributed by atoms with Crippen LogP contribution in [0.5, 0.6) is 0 Å². The van der Waals surface area contributed by atoms with E-state index in [4.69, 9.17) is 0 Å². The highest BCUT2D eigenvalue weighted by atomic mass is 127. The summed E-state index contributed by atoms with van der Waals surface area (Å²) < 4.78 is 4.46. The third kappa shape index (κ3) is 2.39. The number of rotatable bonds is 3. The molecule has 2 aromatic rings. The lowest BCUT2D eigenvalue weighted by Gasteiger charge is -2.09. The van der Waals surface area contributed by atoms with Gasteiger partial charge in [-0.05, 0) is 12.8 Å². The van der Waals surface area contributed by atoms with Crippen LogP contribution in [0.3, 0.4) is 0 Å². The highest BCUT2D eigenvalue weighted by molar-refractivity contribution is 14.1. The van der Waals surface area contributed by atoms with Crippen LogP contribution in [0.2, 0.25) is 0 Å². The average molecular weight is 403 g/mol. The number of halogens is 1. The Morgan fingerprint density at radius 2 is 2.00 bits per heavy atom. The summed E-state index contributed by atoms with van der Waals surface area (Å²) in [5, 5.41) is 2.88. The van der Waals surface area contributed by atoms with Crippen LogP contribution in [-0.2, 0) is 25.4 Å². The molecule has 3 rings (SSSR count). The maximum atomic E-state index is 12.1. The number of carbonyl (C=O) groups is 1. The number of amides is 1. The van der Waals surface area contributed by atoms with E-state index in [0.29, 0.717) is 9.48 Å². The fourth-order valence-electron chi connectivity index (χ4n) is 2.25. The molecule has 9 heteroatoms. The summed E-state index contributed by atoms with van der Waals surface area (Å²) in [6.07, 6.45) is 2.01. The van der Waals surface area contributed by atoms with Gasteiger partial charge in [0.25, 0.3) is 5.56 Å². The molecule has 0 atom stereocenters. The van der Waals surface area contributed by atoms with Crippen molar-refractivity contribution in [2.75, 3.05) is 0 Å². The lowest BCUT2D eigenvalue weighted by Crippen LogP contribution is -2.38. The SMILES string of the molecule is Cn1c(=O)c2nc(I)n(CC(=O)NC3CC3)c2n(C)c1=O. The second kappa shape index (κ2) is 4.97. The van der Waals surface area contributed by atoms with E-state index in [1.807, 2.05) is 22.6 Å². The Morgan fingerprint density at radius 1 is 1.33 bits per heavy atom. The molecule has 1 aliphatic carbocycles. The molecule has 1 fully saturated rings. The van der Waals surface area contributed by atoms with Gasteiger partial charge in [-0.15, -0.1) is 0 Å². The first kappa shape index (κ1) is 14.3. The van der Waals surface area contributed by atoms with E-state index in [0.717, 1.165) is 17.4 Å². The van der Waals surface area contributed by atoms with E-state index in [9.17, 15) is 14.4 Å². The van der Waals surface area contributed by atoms with E-state index in [2.05, 4.69) is 10.3 Å². The van der Waals surface area contributed by atoms with E-state index >= 15 is 0 Å². The smallest absolute Gasteiger partial charge is 0.332 e. The Bertz CT molecular complexity index is 858. The van der Waals surface area contributed by atoms with Crippen LogP contribution in [0.1, 0.15) is 12.8 Å². The molecule has 21 heavy (non-hydrogen) atoms. The summed E-state index contributed by atoms with van der Waals surface area (Å²) in [5.41, 5.74) is -0.318. The number of fused-ring (bicyclic) bond motifs is 1. The van der Waals surface area contributed by atoms with Gasteiger partial charge in [0.15, 0.2) is 15.0 Å². The third-order valence-corrected chi connectivity index (χ3v) is 4.36. The molecule has 0 aromatic carbocycles. The van der Waals surface area contributed by atoms with Gasteiger partial charge in [0.2, 0.25) is 5.91 Å². The third-order valence-electron chi connectivity index (χ3n) is 3.54. The molecular formula is C12H14IN5O3. The number of nitrogens with zero attached hydrogens (tertiary/aromatic N) is 4. The summed E-state index contributed by atoms with van der Waals surface area (Å²) in [4.78, 5) is 40.3. The lowest BCUT2D eigenvalue weighted by molar-refractivity contribution is -0.121. The van der Waals surface area contributed by atoms with E-state index in [-0.39, 0.29) is 24.0 Å². The molecule has 112 valence electrons. The van der Waals surface area contributed by atoms with E-state index in [1.54, 1.807) is 11.6 Å². The molecular weight excluding hydrogens is 389 g/mol. The molecule has 0 bridgehead atoms. The van der Waals surface area contributed by atoms with Gasteiger partial charge in [0.05, 0.1) is 0 Å². The number of aromatic nitrogens is 4. The zero-order valence-electron chi connectivity index (χ0n) is 11.6. The summed E-state index contributed by atoms with van der Waals surface area (Å²) in [7, 11) is 2.98. The van der Waals surface area contributed by atoms with Crippen molar-refractivity contribution < 1.29 is 4.79 Å². The maximum Gasteiger partial charge on any atom is 0.332 e. The van der Waals surface area contributed by atoms with Crippen molar-refractivity contribution in [2.45, 2.75) is 25.4 Å². The molecule has 0 saturated heterocycles. The first-order chi connectivity index (χ1) is 9.90. The largest absolute Gasteiger partial charge is 0.352 e. The minimum Gasteiger partial charge on any atom is -0.352 e. The lowest BCUT2D eigenvalue weighted by atomic mass is 10.5. The van der Waals surface area contributed by atoms with Crippen molar-refractivity contribution in [3.05, 3.63) is 24.7 Å². The first-order valence-corrected chi connectivity index (χ1v) is 7.59. The standard InChI is InChI=1S/C12H14IN5O3/c1-16-9-8(10(20)17(2)12(16)21)15-11(13)18(9)5-7(19)14-6-3-4-6/h6H,3-5H2,1-2H3,(H,14,19). The van der Waals surface area contributed by atoms with Crippen LogP contribution in [-0.4, -0.2) is 30.6 Å². The Balaban J connectivity index is 2.14. The maximum absolute atomic E-state index is 12.1. The van der Waals surface area contributed by atoms with Crippen molar-refractivity contribution in [1.82, 2.24) is 24.0 Å². The Kier molecular flexibility index (Phi) is 3.38. The molecule has 0 radical (unpaired) electrons. The fourth-order valence-corrected chi connectivity index (χ4v) is 2.89. The van der Waals surface area contributed by atoms with Crippen molar-refractivity contribution in [2.24, 2.45) is 14.1 Å². The molecule has 1 saturated carbocycles. The first-order valence-electron chi connectivity index (χ1n) is 6.51. The van der Waals surface area contributed by atoms with Gasteiger partial charge in [-0.1, -0.05) is 0 Å². The van der Waals surface area contributed by atoms with Crippen molar-refractivity contribution >= 4 is 39.7 Å². The van der Waals surface area contributed by atoms with Crippen LogP contribution in [0.15, 0.2) is 9.59 Å². The van der Waals surface area contributed by atoms with Crippen LogP contribution in [0, 0.1) is 3.83 Å². The van der Waals surface area contributed by atoms with Crippen molar-refractivity contribution in [1.29, 1.82) is 0 Å². The zero-order chi connectivity index (χ0) is 15.3. The Hall–Kier alpha value is -1.65. The normalized spacial score (nSPS) is 14.6. The van der Waals surface area contributed by atoms with Crippen LogP contribution in [0.4, 0.5) is 0 Å². The number of hydrogen-bond acceptors (Lipinski definition) is 4. The Morgan fingerprint density at radius 3 is 2.62 bits per heavy atom. The average Bonchev–Trinajstić information content (AvgIpc) is 3.18. The highest BCUT2D eigenvalue weighted by Gasteiger charge is 2.25. The summed E-state index contributed by atoms with van der Waals surface area (Å²) in [6, 6.07) is 0.265. The van der Waals surface area contributed by atoms with Crippen molar-refractivity contribution in [3.8, 4) is 0 Å². The second-order valence-corrected chi connectivity index (χ2v) is 6.15. The molecule has 1 aliphatic rings. The fraction of sp³-hybridized carbons (Fsp3) is 0.500. The van der Waals surface area contributed by atoms with Crippen LogP contribution >= 0.6 is 22.6 Å². The van der Waals surface area contributed by atoms with Crippen LogP contribution < -0.4 is 16.6 Å². The number of aryl methyl sites for hydroxylation is 1. The monoisotopic (exact) mass is 403 g/mol. The minimum atomic E-state index is -0.452. The van der Waals surface area contributed by atoms with Gasteiger partial charge in [0, 0.05) is 42.7 Å². The van der Waals surface area contributed by atoms with E-state index in [1.165, 1.54) is 11.6 Å². The number of hydrogen-bond donors (Lipinski definition) is 1. The molecule has 0 spiro atoms. The molecule has 2 aromatic heterocycles. The molecule has 8 nitrogen and oxygen atoms in total. The second-order valence-electron chi connectivity index (χ2n) is 5.19. The minimum absolute atomic E-state index is 0.0473. The van der Waals surface area contributed by atoms with Gasteiger partial charge < -0.3 is 5.32 Å². The van der Waals surface area contributed by atoms with Crippen LogP contribution in [0.25, 0.3) is 11.2 Å². The van der Waals surface area contributed by atoms with E-state index < -0.39 is 11.2 Å². The molecule has 0 unspecified atom stereocenters. The highest BCUT2D eigenvalue weighted by Crippen LogP contribution is 2.19. The van der Waals surface area contributed by atoms with Gasteiger partial charge in [-0.25, -0.2) is 9.78 Å². The van der Waals surface area contributed by atoms with Gasteiger partial charge in [0.1, 0.15) is 6.54 Å². The summed E-state index contributed by atoms with van der Waals surface area (Å²) in [5.74, 6) is -0.136. The molecule has 1 N–H and O–H groups in total. The van der Waals surface area contributed by atoms with Gasteiger partial charge in [-0.2, -0.15) is 0 Å². The number of carbonyl (C=O) groups excluding carboxylic acids is 1.